The van der Waals surface area contributed by atoms with Crippen molar-refractivity contribution in [1.82, 2.24) is 19.7 Å². The summed E-state index contributed by atoms with van der Waals surface area (Å²) < 4.78 is 6.99. The van der Waals surface area contributed by atoms with E-state index in [1.807, 2.05) is 38.1 Å². The van der Waals surface area contributed by atoms with Gasteiger partial charge in [-0.25, -0.2) is 4.98 Å². The number of H-pyrrole nitrogens is 1. The molecule has 164 valence electrons. The lowest BCUT2D eigenvalue weighted by molar-refractivity contribution is -0.113. The summed E-state index contributed by atoms with van der Waals surface area (Å²) in [5, 5.41) is 20.5. The van der Waals surface area contributed by atoms with Crippen molar-refractivity contribution in [3.63, 3.8) is 0 Å². The van der Waals surface area contributed by atoms with E-state index in [2.05, 4.69) is 20.5 Å². The number of anilines is 1. The van der Waals surface area contributed by atoms with Crippen molar-refractivity contribution in [3.05, 3.63) is 64.2 Å². The Hall–Kier alpha value is -3.30. The van der Waals surface area contributed by atoms with Gasteiger partial charge in [0, 0.05) is 16.4 Å². The Morgan fingerprint density at radius 2 is 2.06 bits per heavy atom. The van der Waals surface area contributed by atoms with Gasteiger partial charge in [-0.2, -0.15) is 5.10 Å². The molecule has 0 spiro atoms. The molecule has 32 heavy (non-hydrogen) atoms. The van der Waals surface area contributed by atoms with Crippen LogP contribution in [0.3, 0.4) is 0 Å². The van der Waals surface area contributed by atoms with Crippen LogP contribution in [-0.2, 0) is 4.79 Å². The van der Waals surface area contributed by atoms with Crippen molar-refractivity contribution < 1.29 is 9.53 Å². The number of fused-ring (bicyclic) bond motifs is 1. The molecule has 0 aliphatic heterocycles. The largest absolute Gasteiger partial charge is 0.495 e. The molecule has 4 aromatic rings. The third kappa shape index (κ3) is 4.21. The molecule has 0 unspecified atom stereocenters. The van der Waals surface area contributed by atoms with Crippen molar-refractivity contribution in [1.29, 1.82) is 5.41 Å². The van der Waals surface area contributed by atoms with Gasteiger partial charge in [-0.05, 0) is 49.7 Å². The Bertz CT molecular complexity index is 1380. The van der Waals surface area contributed by atoms with Crippen LogP contribution in [0.1, 0.15) is 11.3 Å². The fraction of sp³-hybridized carbons (Fsp3) is 0.182. The number of aromatic nitrogens is 4. The number of aromatic amines is 1. The van der Waals surface area contributed by atoms with Crippen LogP contribution in [0.2, 0.25) is 5.02 Å². The van der Waals surface area contributed by atoms with Crippen molar-refractivity contribution in [2.45, 2.75) is 19.0 Å². The highest BCUT2D eigenvalue weighted by atomic mass is 35.5. The van der Waals surface area contributed by atoms with E-state index in [0.717, 1.165) is 16.9 Å². The number of carbonyl (C=O) groups excluding carboxylic acids is 1. The lowest BCUT2D eigenvalue weighted by atomic mass is 10.2. The van der Waals surface area contributed by atoms with E-state index in [4.69, 9.17) is 21.7 Å². The molecule has 3 N–H and O–H groups in total. The first-order valence-electron chi connectivity index (χ1n) is 9.73. The maximum Gasteiger partial charge on any atom is 0.234 e. The number of rotatable bonds is 6. The lowest BCUT2D eigenvalue weighted by Gasteiger charge is -2.15. The smallest absolute Gasteiger partial charge is 0.234 e. The highest BCUT2D eigenvalue weighted by molar-refractivity contribution is 7.99. The molecule has 2 aromatic heterocycles. The molecule has 0 saturated heterocycles. The minimum atomic E-state index is -0.218. The van der Waals surface area contributed by atoms with Crippen LogP contribution in [0.15, 0.2) is 47.6 Å². The summed E-state index contributed by atoms with van der Waals surface area (Å²) in [6.45, 7) is 3.75. The van der Waals surface area contributed by atoms with Gasteiger partial charge in [0.05, 0.1) is 23.9 Å². The summed E-state index contributed by atoms with van der Waals surface area (Å²) in [5.74, 6) is 0.453. The zero-order valence-corrected chi connectivity index (χ0v) is 19.3. The summed E-state index contributed by atoms with van der Waals surface area (Å²) in [6.07, 6.45) is 0. The first-order chi connectivity index (χ1) is 15.4. The Balaban J connectivity index is 1.69. The average molecular weight is 469 g/mol. The van der Waals surface area contributed by atoms with Gasteiger partial charge in [0.1, 0.15) is 11.2 Å². The van der Waals surface area contributed by atoms with Gasteiger partial charge in [-0.15, -0.1) is 0 Å². The molecule has 8 nitrogen and oxygen atoms in total. The van der Waals surface area contributed by atoms with Gasteiger partial charge in [-0.3, -0.25) is 19.9 Å². The van der Waals surface area contributed by atoms with Gasteiger partial charge in [-0.1, -0.05) is 35.5 Å². The quantitative estimate of drug-likeness (QED) is 0.290. The van der Waals surface area contributed by atoms with Crippen molar-refractivity contribution in [2.24, 2.45) is 0 Å². The van der Waals surface area contributed by atoms with Gasteiger partial charge >= 0.3 is 0 Å². The van der Waals surface area contributed by atoms with Crippen LogP contribution in [0, 0.1) is 19.3 Å². The van der Waals surface area contributed by atoms with Crippen LogP contribution in [-0.4, -0.2) is 38.5 Å². The number of para-hydroxylation sites is 2. The highest BCUT2D eigenvalue weighted by Crippen LogP contribution is 2.26. The molecule has 0 saturated carbocycles. The summed E-state index contributed by atoms with van der Waals surface area (Å²) in [7, 11) is 1.55. The predicted molar refractivity (Wildman–Crippen MR) is 126 cm³/mol. The van der Waals surface area contributed by atoms with Gasteiger partial charge in [0.25, 0.3) is 0 Å². The van der Waals surface area contributed by atoms with E-state index in [0.29, 0.717) is 32.6 Å². The second-order valence-corrected chi connectivity index (χ2v) is 8.45. The summed E-state index contributed by atoms with van der Waals surface area (Å²) in [4.78, 5) is 17.3. The number of hydrogen-bond acceptors (Lipinski definition) is 6. The Morgan fingerprint density at radius 1 is 1.28 bits per heavy atom. The van der Waals surface area contributed by atoms with Crippen LogP contribution in [0.25, 0.3) is 16.7 Å². The topological polar surface area (TPSA) is 109 Å². The molecule has 0 aliphatic carbocycles. The van der Waals surface area contributed by atoms with E-state index in [1.54, 1.807) is 29.9 Å². The monoisotopic (exact) mass is 468 g/mol. The van der Waals surface area contributed by atoms with E-state index >= 15 is 0 Å². The number of nitrogens with zero attached hydrogens (tertiary/aromatic N) is 3. The molecular weight excluding hydrogens is 448 g/mol. The molecule has 0 bridgehead atoms. The third-order valence-electron chi connectivity index (χ3n) is 4.89. The van der Waals surface area contributed by atoms with Crippen molar-refractivity contribution in [2.75, 3.05) is 18.2 Å². The second-order valence-electron chi connectivity index (χ2n) is 7.10. The molecule has 1 amide bonds. The molecule has 2 heterocycles. The number of methoxy groups -OCH3 is 1. The number of aryl methyl sites for hydroxylation is 2. The Kier molecular flexibility index (Phi) is 6.20. The first-order valence-corrected chi connectivity index (χ1v) is 11.1. The second kappa shape index (κ2) is 9.05. The Labute approximate surface area is 193 Å². The Morgan fingerprint density at radius 3 is 2.81 bits per heavy atom. The first kappa shape index (κ1) is 21.9. The fourth-order valence-electron chi connectivity index (χ4n) is 3.30. The number of nitrogens with one attached hydrogen (secondary N) is 3. The standard InChI is InChI=1S/C22H21ClN6O2S/c1-12-10-14(8-9-15(12)23)29-20(24)19-13(2)27-28-21(19)26-22(29)32-11-18(30)25-16-6-4-5-7-17(16)31-3/h4-10,24H,11H2,1-3H3,(H,25,30)(H,27,28). The number of ether oxygens (including phenoxy) is 1. The third-order valence-corrected chi connectivity index (χ3v) is 6.26. The predicted octanol–water partition coefficient (Wildman–Crippen LogP) is 4.24. The zero-order chi connectivity index (χ0) is 22.8. The van der Waals surface area contributed by atoms with E-state index in [-0.39, 0.29) is 17.1 Å². The van der Waals surface area contributed by atoms with Crippen LogP contribution < -0.4 is 15.5 Å². The normalized spacial score (nSPS) is 11.0. The van der Waals surface area contributed by atoms with E-state index in [9.17, 15) is 4.79 Å². The number of hydrogen-bond donors (Lipinski definition) is 3. The van der Waals surface area contributed by atoms with E-state index < -0.39 is 0 Å². The summed E-state index contributed by atoms with van der Waals surface area (Å²) >= 11 is 7.42. The van der Waals surface area contributed by atoms with E-state index in [1.165, 1.54) is 11.8 Å². The van der Waals surface area contributed by atoms with Gasteiger partial charge < -0.3 is 10.1 Å². The number of carbonyl (C=O) groups is 1. The summed E-state index contributed by atoms with van der Waals surface area (Å²) in [6, 6.07) is 12.7. The minimum absolute atomic E-state index is 0.0893. The van der Waals surface area contributed by atoms with Crippen molar-refractivity contribution >= 4 is 46.0 Å². The molecular formula is C22H21ClN6O2S. The maximum atomic E-state index is 12.6. The molecule has 4 rings (SSSR count). The highest BCUT2D eigenvalue weighted by Gasteiger charge is 2.17. The number of thioether (sulfide) groups is 1. The molecule has 2 aromatic carbocycles. The average Bonchev–Trinajstić information content (AvgIpc) is 3.15. The molecule has 0 fully saturated rings. The minimum Gasteiger partial charge on any atom is -0.495 e. The maximum absolute atomic E-state index is 12.6. The number of amides is 1. The van der Waals surface area contributed by atoms with Crippen LogP contribution in [0.5, 0.6) is 5.75 Å². The zero-order valence-electron chi connectivity index (χ0n) is 17.7. The molecule has 0 radical (unpaired) electrons. The molecule has 0 aliphatic rings. The van der Waals surface area contributed by atoms with Gasteiger partial charge in [0.15, 0.2) is 10.8 Å². The fourth-order valence-corrected chi connectivity index (χ4v) is 4.22. The molecule has 10 heteroatoms. The van der Waals surface area contributed by atoms with Gasteiger partial charge in [0.2, 0.25) is 5.91 Å². The SMILES string of the molecule is COc1ccccc1NC(=O)CSc1nc2n[nH]c(C)c2c(=N)n1-c1ccc(Cl)c(C)c1. The molecule has 0 atom stereocenters. The summed E-state index contributed by atoms with van der Waals surface area (Å²) in [5.41, 5.74) is 3.62. The van der Waals surface area contributed by atoms with Crippen molar-refractivity contribution in [3.8, 4) is 11.4 Å². The lowest BCUT2D eigenvalue weighted by Crippen LogP contribution is -2.23. The number of halogens is 1. The van der Waals surface area contributed by atoms with Crippen LogP contribution >= 0.6 is 23.4 Å². The van der Waals surface area contributed by atoms with Crippen LogP contribution in [0.4, 0.5) is 5.69 Å². The number of benzene rings is 2.